The SMILES string of the molecule is Cc1ccccc1CSCc1nnc(S)n1-c1ccccc1. The van der Waals surface area contributed by atoms with E-state index in [-0.39, 0.29) is 0 Å². The molecule has 22 heavy (non-hydrogen) atoms. The maximum absolute atomic E-state index is 4.42. The molecule has 0 spiro atoms. The smallest absolute Gasteiger partial charge is 0.192 e. The number of para-hydroxylation sites is 1. The van der Waals surface area contributed by atoms with E-state index >= 15 is 0 Å². The van der Waals surface area contributed by atoms with E-state index in [0.717, 1.165) is 23.0 Å². The Morgan fingerprint density at radius 1 is 0.955 bits per heavy atom. The van der Waals surface area contributed by atoms with Crippen LogP contribution in [0.4, 0.5) is 0 Å². The maximum atomic E-state index is 4.42. The van der Waals surface area contributed by atoms with Crippen LogP contribution in [0.25, 0.3) is 5.69 Å². The standard InChI is InChI=1S/C17H17N3S2/c1-13-7-5-6-8-14(13)11-22-12-16-18-19-17(21)20(16)15-9-3-2-4-10-15/h2-10H,11-12H2,1H3,(H,19,21). The first kappa shape index (κ1) is 15.2. The quantitative estimate of drug-likeness (QED) is 0.709. The van der Waals surface area contributed by atoms with Crippen molar-refractivity contribution in [2.75, 3.05) is 0 Å². The summed E-state index contributed by atoms with van der Waals surface area (Å²) in [6.07, 6.45) is 0. The Morgan fingerprint density at radius 2 is 1.68 bits per heavy atom. The van der Waals surface area contributed by atoms with E-state index in [4.69, 9.17) is 0 Å². The van der Waals surface area contributed by atoms with Gasteiger partial charge in [-0.05, 0) is 30.2 Å². The van der Waals surface area contributed by atoms with Gasteiger partial charge in [-0.15, -0.1) is 34.6 Å². The van der Waals surface area contributed by atoms with E-state index in [2.05, 4.69) is 54.0 Å². The van der Waals surface area contributed by atoms with E-state index in [9.17, 15) is 0 Å². The Balaban J connectivity index is 1.73. The van der Waals surface area contributed by atoms with Crippen molar-refractivity contribution in [3.05, 3.63) is 71.5 Å². The molecular weight excluding hydrogens is 310 g/mol. The predicted molar refractivity (Wildman–Crippen MR) is 94.8 cm³/mol. The Hall–Kier alpha value is -1.72. The molecule has 0 aliphatic heterocycles. The van der Waals surface area contributed by atoms with Gasteiger partial charge in [0.2, 0.25) is 0 Å². The fourth-order valence-corrected chi connectivity index (χ4v) is 3.56. The average molecular weight is 327 g/mol. The van der Waals surface area contributed by atoms with E-state index < -0.39 is 0 Å². The molecule has 0 aliphatic carbocycles. The molecule has 0 saturated heterocycles. The summed E-state index contributed by atoms with van der Waals surface area (Å²) in [6, 6.07) is 18.6. The van der Waals surface area contributed by atoms with Crippen LogP contribution in [-0.2, 0) is 11.5 Å². The minimum absolute atomic E-state index is 0.623. The highest BCUT2D eigenvalue weighted by Gasteiger charge is 2.11. The molecule has 112 valence electrons. The first-order valence-corrected chi connectivity index (χ1v) is 8.67. The van der Waals surface area contributed by atoms with Crippen LogP contribution in [-0.4, -0.2) is 14.8 Å². The van der Waals surface area contributed by atoms with Gasteiger partial charge < -0.3 is 0 Å². The lowest BCUT2D eigenvalue weighted by atomic mass is 10.1. The van der Waals surface area contributed by atoms with Crippen molar-refractivity contribution in [2.24, 2.45) is 0 Å². The molecular formula is C17H17N3S2. The third-order valence-electron chi connectivity index (χ3n) is 3.48. The number of nitrogens with zero attached hydrogens (tertiary/aromatic N) is 3. The molecule has 1 heterocycles. The second kappa shape index (κ2) is 7.03. The highest BCUT2D eigenvalue weighted by atomic mass is 32.2. The van der Waals surface area contributed by atoms with Gasteiger partial charge in [0.1, 0.15) is 5.82 Å². The van der Waals surface area contributed by atoms with Crippen molar-refractivity contribution < 1.29 is 0 Å². The summed E-state index contributed by atoms with van der Waals surface area (Å²) in [5, 5.41) is 8.98. The fraction of sp³-hybridized carbons (Fsp3) is 0.176. The van der Waals surface area contributed by atoms with Crippen LogP contribution in [0.5, 0.6) is 0 Å². The fourth-order valence-electron chi connectivity index (χ4n) is 2.27. The monoisotopic (exact) mass is 327 g/mol. The Labute approximate surface area is 140 Å². The van der Waals surface area contributed by atoms with Crippen LogP contribution in [0.2, 0.25) is 0 Å². The van der Waals surface area contributed by atoms with Crippen LogP contribution in [0.3, 0.4) is 0 Å². The van der Waals surface area contributed by atoms with Gasteiger partial charge in [-0.3, -0.25) is 4.57 Å². The van der Waals surface area contributed by atoms with Gasteiger partial charge in [0.05, 0.1) is 5.75 Å². The number of hydrogen-bond acceptors (Lipinski definition) is 4. The summed E-state index contributed by atoms with van der Waals surface area (Å²) >= 11 is 6.26. The molecule has 0 atom stereocenters. The number of thiol groups is 1. The minimum Gasteiger partial charge on any atom is -0.274 e. The normalized spacial score (nSPS) is 10.8. The summed E-state index contributed by atoms with van der Waals surface area (Å²) in [5.41, 5.74) is 3.74. The zero-order valence-electron chi connectivity index (χ0n) is 12.3. The number of hydrogen-bond donors (Lipinski definition) is 1. The van der Waals surface area contributed by atoms with Crippen LogP contribution in [0.15, 0.2) is 59.8 Å². The Morgan fingerprint density at radius 3 is 2.45 bits per heavy atom. The van der Waals surface area contributed by atoms with Gasteiger partial charge >= 0.3 is 0 Å². The molecule has 0 saturated carbocycles. The molecule has 3 nitrogen and oxygen atoms in total. The largest absolute Gasteiger partial charge is 0.274 e. The van der Waals surface area contributed by atoms with Crippen molar-refractivity contribution in [1.82, 2.24) is 14.8 Å². The van der Waals surface area contributed by atoms with Crippen molar-refractivity contribution in [2.45, 2.75) is 23.6 Å². The number of thioether (sulfide) groups is 1. The molecule has 0 amide bonds. The molecule has 0 N–H and O–H groups in total. The third-order valence-corrected chi connectivity index (χ3v) is 4.74. The summed E-state index contributed by atoms with van der Waals surface area (Å²) in [5.74, 6) is 2.70. The lowest BCUT2D eigenvalue weighted by Crippen LogP contribution is -2.00. The summed E-state index contributed by atoms with van der Waals surface area (Å²) in [7, 11) is 0. The topological polar surface area (TPSA) is 30.7 Å². The highest BCUT2D eigenvalue weighted by Crippen LogP contribution is 2.22. The van der Waals surface area contributed by atoms with Gasteiger partial charge in [-0.25, -0.2) is 0 Å². The van der Waals surface area contributed by atoms with Gasteiger partial charge in [-0.2, -0.15) is 0 Å². The van der Waals surface area contributed by atoms with Gasteiger partial charge in [0, 0.05) is 11.4 Å². The van der Waals surface area contributed by atoms with Crippen LogP contribution >= 0.6 is 24.4 Å². The maximum Gasteiger partial charge on any atom is 0.192 e. The Kier molecular flexibility index (Phi) is 4.85. The first-order valence-electron chi connectivity index (χ1n) is 7.06. The first-order chi connectivity index (χ1) is 10.8. The number of aromatic nitrogens is 3. The Bertz CT molecular complexity index is 754. The molecule has 0 radical (unpaired) electrons. The summed E-state index contributed by atoms with van der Waals surface area (Å²) in [6.45, 7) is 2.15. The third kappa shape index (κ3) is 3.36. The molecule has 0 fully saturated rings. The summed E-state index contributed by atoms with van der Waals surface area (Å²) < 4.78 is 1.99. The second-order valence-electron chi connectivity index (χ2n) is 5.01. The lowest BCUT2D eigenvalue weighted by Gasteiger charge is -2.08. The molecule has 0 unspecified atom stereocenters. The molecule has 5 heteroatoms. The zero-order valence-corrected chi connectivity index (χ0v) is 14.0. The van der Waals surface area contributed by atoms with E-state index in [1.807, 2.05) is 46.7 Å². The van der Waals surface area contributed by atoms with E-state index in [0.29, 0.717) is 5.16 Å². The van der Waals surface area contributed by atoms with E-state index in [1.54, 1.807) is 0 Å². The lowest BCUT2D eigenvalue weighted by molar-refractivity contribution is 0.869. The molecule has 3 rings (SSSR count). The summed E-state index contributed by atoms with van der Waals surface area (Å²) in [4.78, 5) is 0. The van der Waals surface area contributed by atoms with Crippen LogP contribution < -0.4 is 0 Å². The van der Waals surface area contributed by atoms with Crippen LogP contribution in [0.1, 0.15) is 17.0 Å². The minimum atomic E-state index is 0.623. The molecule has 0 aliphatic rings. The molecule has 3 aromatic rings. The molecule has 2 aromatic carbocycles. The van der Waals surface area contributed by atoms with Gasteiger partial charge in [-0.1, -0.05) is 42.5 Å². The number of benzene rings is 2. The van der Waals surface area contributed by atoms with Crippen LogP contribution in [0, 0.1) is 6.92 Å². The number of aryl methyl sites for hydroxylation is 1. The predicted octanol–water partition coefficient (Wildman–Crippen LogP) is 4.30. The molecule has 1 aromatic heterocycles. The molecule has 0 bridgehead atoms. The van der Waals surface area contributed by atoms with Crippen molar-refractivity contribution in [3.8, 4) is 5.69 Å². The highest BCUT2D eigenvalue weighted by molar-refractivity contribution is 7.97. The van der Waals surface area contributed by atoms with Gasteiger partial charge in [0.25, 0.3) is 0 Å². The van der Waals surface area contributed by atoms with Gasteiger partial charge in [0.15, 0.2) is 5.16 Å². The second-order valence-corrected chi connectivity index (χ2v) is 6.39. The number of rotatable bonds is 5. The van der Waals surface area contributed by atoms with Crippen molar-refractivity contribution >= 4 is 24.4 Å². The van der Waals surface area contributed by atoms with E-state index in [1.165, 1.54) is 11.1 Å². The zero-order chi connectivity index (χ0) is 15.4. The van der Waals surface area contributed by atoms with Crippen molar-refractivity contribution in [3.63, 3.8) is 0 Å². The van der Waals surface area contributed by atoms with Crippen molar-refractivity contribution in [1.29, 1.82) is 0 Å². The average Bonchev–Trinajstić information content (AvgIpc) is 2.91.